The fourth-order valence-electron chi connectivity index (χ4n) is 2.76. The topological polar surface area (TPSA) is 74.7 Å². The molecule has 0 spiro atoms. The van der Waals surface area contributed by atoms with Gasteiger partial charge >= 0.3 is 5.97 Å². The van der Waals surface area contributed by atoms with Gasteiger partial charge in [-0.1, -0.05) is 24.4 Å². The fraction of sp³-hybridized carbons (Fsp3) is 0.500. The molecule has 0 bridgehead atoms. The standard InChI is InChI=1S/C14H18ClNO4S/c1-9-12(14(17)18)7-10(15)8-13(9)21(19,20)16(2)11-5-3-4-6-11/h7-8,11H,3-6H2,1-2H3,(H,17,18). The lowest BCUT2D eigenvalue weighted by Gasteiger charge is -2.25. The Hall–Kier alpha value is -1.11. The van der Waals surface area contributed by atoms with Gasteiger partial charge in [0.2, 0.25) is 10.0 Å². The number of sulfonamides is 1. The number of aromatic carboxylic acids is 1. The van der Waals surface area contributed by atoms with Gasteiger partial charge in [-0.2, -0.15) is 4.31 Å². The number of hydrogen-bond donors (Lipinski definition) is 1. The molecule has 0 radical (unpaired) electrons. The van der Waals surface area contributed by atoms with E-state index in [-0.39, 0.29) is 27.1 Å². The summed E-state index contributed by atoms with van der Waals surface area (Å²) in [6.07, 6.45) is 3.70. The molecule has 0 saturated heterocycles. The normalized spacial score (nSPS) is 16.6. The molecule has 7 heteroatoms. The van der Waals surface area contributed by atoms with Crippen LogP contribution >= 0.6 is 11.6 Å². The van der Waals surface area contributed by atoms with E-state index in [2.05, 4.69) is 0 Å². The average Bonchev–Trinajstić information content (AvgIpc) is 2.93. The summed E-state index contributed by atoms with van der Waals surface area (Å²) in [4.78, 5) is 11.2. The number of hydrogen-bond acceptors (Lipinski definition) is 3. The first-order valence-electron chi connectivity index (χ1n) is 6.76. The van der Waals surface area contributed by atoms with E-state index in [9.17, 15) is 13.2 Å². The average molecular weight is 332 g/mol. The quantitative estimate of drug-likeness (QED) is 0.920. The van der Waals surface area contributed by atoms with E-state index in [0.29, 0.717) is 0 Å². The summed E-state index contributed by atoms with van der Waals surface area (Å²) in [6, 6.07) is 2.57. The van der Waals surface area contributed by atoms with Crippen molar-refractivity contribution in [1.82, 2.24) is 4.31 Å². The van der Waals surface area contributed by atoms with Gasteiger partial charge in [-0.05, 0) is 37.5 Å². The van der Waals surface area contributed by atoms with Crippen molar-refractivity contribution in [3.05, 3.63) is 28.3 Å². The summed E-state index contributed by atoms with van der Waals surface area (Å²) in [6.45, 7) is 1.50. The molecule has 0 heterocycles. The van der Waals surface area contributed by atoms with Crippen LogP contribution in [0.5, 0.6) is 0 Å². The molecule has 21 heavy (non-hydrogen) atoms. The van der Waals surface area contributed by atoms with E-state index in [0.717, 1.165) is 25.7 Å². The smallest absolute Gasteiger partial charge is 0.336 e. The first kappa shape index (κ1) is 16.3. The third-order valence-electron chi connectivity index (χ3n) is 4.05. The second kappa shape index (κ2) is 5.94. The Kier molecular flexibility index (Phi) is 4.60. The molecule has 1 aliphatic rings. The number of carboxylic acids is 1. The van der Waals surface area contributed by atoms with E-state index >= 15 is 0 Å². The molecule has 116 valence electrons. The van der Waals surface area contributed by atoms with E-state index in [4.69, 9.17) is 16.7 Å². The van der Waals surface area contributed by atoms with Crippen LogP contribution in [0.4, 0.5) is 0 Å². The summed E-state index contributed by atoms with van der Waals surface area (Å²) in [5, 5.41) is 9.27. The second-order valence-electron chi connectivity index (χ2n) is 5.34. The van der Waals surface area contributed by atoms with E-state index in [1.165, 1.54) is 23.4 Å². The molecule has 1 N–H and O–H groups in total. The first-order valence-corrected chi connectivity index (χ1v) is 8.58. The summed E-state index contributed by atoms with van der Waals surface area (Å²) >= 11 is 5.89. The summed E-state index contributed by atoms with van der Waals surface area (Å²) in [5.41, 5.74) is 0.137. The zero-order valence-electron chi connectivity index (χ0n) is 12.0. The van der Waals surface area contributed by atoms with Crippen LogP contribution in [-0.4, -0.2) is 36.9 Å². The van der Waals surface area contributed by atoms with Gasteiger partial charge < -0.3 is 5.11 Å². The maximum absolute atomic E-state index is 12.7. The van der Waals surface area contributed by atoms with E-state index < -0.39 is 16.0 Å². The van der Waals surface area contributed by atoms with Gasteiger partial charge in [0.1, 0.15) is 0 Å². The molecule has 1 aliphatic carbocycles. The van der Waals surface area contributed by atoms with Crippen molar-refractivity contribution >= 4 is 27.6 Å². The predicted octanol–water partition coefficient (Wildman–Crippen LogP) is 2.91. The van der Waals surface area contributed by atoms with Crippen LogP contribution in [-0.2, 0) is 10.0 Å². The Morgan fingerprint density at radius 1 is 1.33 bits per heavy atom. The second-order valence-corrected chi connectivity index (χ2v) is 7.74. The lowest BCUT2D eigenvalue weighted by Crippen LogP contribution is -2.35. The van der Waals surface area contributed by atoms with Gasteiger partial charge in [0, 0.05) is 18.1 Å². The highest BCUT2D eigenvalue weighted by molar-refractivity contribution is 7.89. The van der Waals surface area contributed by atoms with Crippen LogP contribution in [0.1, 0.15) is 41.6 Å². The third kappa shape index (κ3) is 3.07. The van der Waals surface area contributed by atoms with Gasteiger partial charge in [-0.15, -0.1) is 0 Å². The molecule has 0 unspecified atom stereocenters. The van der Waals surface area contributed by atoms with Gasteiger partial charge in [-0.3, -0.25) is 0 Å². The molecule has 0 aromatic heterocycles. The molecule has 0 atom stereocenters. The van der Waals surface area contributed by atoms with Crippen LogP contribution in [0, 0.1) is 6.92 Å². The van der Waals surface area contributed by atoms with Crippen molar-refractivity contribution in [2.45, 2.75) is 43.5 Å². The summed E-state index contributed by atoms with van der Waals surface area (Å²) in [7, 11) is -2.20. The SMILES string of the molecule is Cc1c(C(=O)O)cc(Cl)cc1S(=O)(=O)N(C)C1CCCC1. The highest BCUT2D eigenvalue weighted by atomic mass is 35.5. The molecular weight excluding hydrogens is 314 g/mol. The maximum Gasteiger partial charge on any atom is 0.336 e. The lowest BCUT2D eigenvalue weighted by molar-refractivity contribution is 0.0696. The minimum absolute atomic E-state index is 0.0261. The molecular formula is C14H18ClNO4S. The Morgan fingerprint density at radius 2 is 1.90 bits per heavy atom. The molecule has 0 aliphatic heterocycles. The summed E-state index contributed by atoms with van der Waals surface area (Å²) in [5.74, 6) is -1.19. The van der Waals surface area contributed by atoms with Crippen molar-refractivity contribution in [1.29, 1.82) is 0 Å². The van der Waals surface area contributed by atoms with Crippen molar-refractivity contribution in [3.63, 3.8) is 0 Å². The lowest BCUT2D eigenvalue weighted by atomic mass is 10.1. The minimum atomic E-state index is -3.75. The third-order valence-corrected chi connectivity index (χ3v) is 6.31. The summed E-state index contributed by atoms with van der Waals surface area (Å²) < 4.78 is 26.8. The Morgan fingerprint density at radius 3 is 2.43 bits per heavy atom. The maximum atomic E-state index is 12.7. The fourth-order valence-corrected chi connectivity index (χ4v) is 4.73. The number of carbonyl (C=O) groups is 1. The number of nitrogens with zero attached hydrogens (tertiary/aromatic N) is 1. The molecule has 5 nitrogen and oxygen atoms in total. The van der Waals surface area contributed by atoms with Crippen LogP contribution in [0.2, 0.25) is 5.02 Å². The number of carboxylic acid groups (broad SMARTS) is 1. The minimum Gasteiger partial charge on any atom is -0.478 e. The van der Waals surface area contributed by atoms with Crippen LogP contribution in [0.3, 0.4) is 0 Å². The molecule has 1 aromatic rings. The Bertz CT molecular complexity index is 666. The molecule has 0 amide bonds. The monoisotopic (exact) mass is 331 g/mol. The van der Waals surface area contributed by atoms with Crippen molar-refractivity contribution in [2.75, 3.05) is 7.05 Å². The van der Waals surface area contributed by atoms with Crippen molar-refractivity contribution < 1.29 is 18.3 Å². The van der Waals surface area contributed by atoms with Crippen molar-refractivity contribution in [2.24, 2.45) is 0 Å². The Balaban J connectivity index is 2.51. The predicted molar refractivity (Wildman–Crippen MR) is 80.4 cm³/mol. The first-order chi connectivity index (χ1) is 9.75. The van der Waals surface area contributed by atoms with Gasteiger partial charge in [0.25, 0.3) is 0 Å². The van der Waals surface area contributed by atoms with Crippen LogP contribution in [0.25, 0.3) is 0 Å². The largest absolute Gasteiger partial charge is 0.478 e. The molecule has 1 saturated carbocycles. The Labute approximate surface area is 129 Å². The van der Waals surface area contributed by atoms with E-state index in [1.54, 1.807) is 7.05 Å². The highest BCUT2D eigenvalue weighted by Crippen LogP contribution is 2.31. The number of halogens is 1. The zero-order valence-corrected chi connectivity index (χ0v) is 13.5. The number of rotatable bonds is 4. The van der Waals surface area contributed by atoms with Crippen molar-refractivity contribution in [3.8, 4) is 0 Å². The van der Waals surface area contributed by atoms with Gasteiger partial charge in [-0.25, -0.2) is 13.2 Å². The zero-order chi connectivity index (χ0) is 15.8. The molecule has 1 aromatic carbocycles. The molecule has 2 rings (SSSR count). The van der Waals surface area contributed by atoms with Gasteiger partial charge in [0.15, 0.2) is 0 Å². The van der Waals surface area contributed by atoms with Crippen LogP contribution in [0.15, 0.2) is 17.0 Å². The number of benzene rings is 1. The van der Waals surface area contributed by atoms with Gasteiger partial charge in [0.05, 0.1) is 10.5 Å². The highest BCUT2D eigenvalue weighted by Gasteiger charge is 2.32. The van der Waals surface area contributed by atoms with Crippen LogP contribution < -0.4 is 0 Å². The molecule has 1 fully saturated rings. The van der Waals surface area contributed by atoms with E-state index in [1.807, 2.05) is 0 Å².